The van der Waals surface area contributed by atoms with Gasteiger partial charge in [0.2, 0.25) is 5.95 Å². The van der Waals surface area contributed by atoms with Crippen LogP contribution in [0.4, 0.5) is 23.1 Å². The van der Waals surface area contributed by atoms with Gasteiger partial charge >= 0.3 is 0 Å². The molecule has 0 spiro atoms. The first-order valence-electron chi connectivity index (χ1n) is 8.40. The number of rotatable bonds is 8. The molecule has 0 aliphatic heterocycles. The summed E-state index contributed by atoms with van der Waals surface area (Å²) in [6.45, 7) is 2.58. The quantitative estimate of drug-likeness (QED) is 0.622. The molecule has 0 saturated heterocycles. The summed E-state index contributed by atoms with van der Waals surface area (Å²) in [6.07, 6.45) is 1.54. The van der Waals surface area contributed by atoms with E-state index >= 15 is 0 Å². The minimum absolute atomic E-state index is 0.379. The van der Waals surface area contributed by atoms with Crippen LogP contribution in [0.25, 0.3) is 0 Å². The summed E-state index contributed by atoms with van der Waals surface area (Å²) >= 11 is 0. The predicted octanol–water partition coefficient (Wildman–Crippen LogP) is 3.77. The Morgan fingerprint density at radius 2 is 1.63 bits per heavy atom. The standard InChI is InChI=1S/C19H21N5O3/c1-4-27-15-8-5-13(6-9-15)22-19-23-18(12-20-24-19)21-14-7-10-16(25-2)17(11-14)26-3/h5-12H,4H2,1-3H3,(H2,21,22,23,24). The van der Waals surface area contributed by atoms with Crippen LogP contribution in [0, 0.1) is 0 Å². The molecular weight excluding hydrogens is 346 g/mol. The molecule has 140 valence electrons. The first kappa shape index (κ1) is 18.2. The second-order valence-corrected chi connectivity index (χ2v) is 5.44. The van der Waals surface area contributed by atoms with E-state index in [2.05, 4.69) is 25.8 Å². The lowest BCUT2D eigenvalue weighted by molar-refractivity contribution is 0.340. The Bertz CT molecular complexity index is 887. The van der Waals surface area contributed by atoms with Gasteiger partial charge in [0.1, 0.15) is 5.75 Å². The molecule has 0 amide bonds. The molecule has 2 aromatic carbocycles. The van der Waals surface area contributed by atoms with Gasteiger partial charge in [0.15, 0.2) is 17.3 Å². The van der Waals surface area contributed by atoms with Gasteiger partial charge in [-0.05, 0) is 43.3 Å². The Morgan fingerprint density at radius 3 is 2.33 bits per heavy atom. The van der Waals surface area contributed by atoms with Crippen molar-refractivity contribution in [2.45, 2.75) is 6.92 Å². The average molecular weight is 367 g/mol. The lowest BCUT2D eigenvalue weighted by Crippen LogP contribution is -2.02. The summed E-state index contributed by atoms with van der Waals surface area (Å²) in [6, 6.07) is 13.0. The highest BCUT2D eigenvalue weighted by molar-refractivity contribution is 5.62. The Labute approximate surface area is 157 Å². The van der Waals surface area contributed by atoms with Crippen LogP contribution in [0.15, 0.2) is 48.7 Å². The third-order valence-electron chi connectivity index (χ3n) is 3.64. The average Bonchev–Trinajstić information content (AvgIpc) is 2.70. The predicted molar refractivity (Wildman–Crippen MR) is 104 cm³/mol. The number of methoxy groups -OCH3 is 2. The number of anilines is 4. The van der Waals surface area contributed by atoms with Crippen molar-refractivity contribution in [3.8, 4) is 17.2 Å². The van der Waals surface area contributed by atoms with Gasteiger partial charge in [0.25, 0.3) is 0 Å². The van der Waals surface area contributed by atoms with Crippen molar-refractivity contribution >= 4 is 23.1 Å². The van der Waals surface area contributed by atoms with Crippen molar-refractivity contribution in [3.63, 3.8) is 0 Å². The van der Waals surface area contributed by atoms with Gasteiger partial charge in [-0.15, -0.1) is 5.10 Å². The van der Waals surface area contributed by atoms with Crippen LogP contribution >= 0.6 is 0 Å². The number of ether oxygens (including phenoxy) is 3. The van der Waals surface area contributed by atoms with Crippen LogP contribution in [0.3, 0.4) is 0 Å². The molecular formula is C19H21N5O3. The van der Waals surface area contributed by atoms with Gasteiger partial charge in [-0.2, -0.15) is 10.1 Å². The van der Waals surface area contributed by atoms with Gasteiger partial charge in [-0.1, -0.05) is 0 Å². The minimum Gasteiger partial charge on any atom is -0.494 e. The molecule has 1 aromatic heterocycles. The number of hydrogen-bond acceptors (Lipinski definition) is 8. The van der Waals surface area contributed by atoms with Gasteiger partial charge in [-0.3, -0.25) is 0 Å². The van der Waals surface area contributed by atoms with E-state index in [9.17, 15) is 0 Å². The van der Waals surface area contributed by atoms with Crippen LogP contribution in [0.5, 0.6) is 17.2 Å². The molecule has 1 heterocycles. The van der Waals surface area contributed by atoms with Crippen molar-refractivity contribution in [1.29, 1.82) is 0 Å². The fourth-order valence-electron chi connectivity index (χ4n) is 2.41. The Kier molecular flexibility index (Phi) is 5.88. The van der Waals surface area contributed by atoms with Gasteiger partial charge in [0, 0.05) is 17.4 Å². The van der Waals surface area contributed by atoms with Crippen molar-refractivity contribution in [3.05, 3.63) is 48.7 Å². The van der Waals surface area contributed by atoms with Crippen LogP contribution in [0.2, 0.25) is 0 Å². The zero-order chi connectivity index (χ0) is 19.1. The fourth-order valence-corrected chi connectivity index (χ4v) is 2.41. The molecule has 0 radical (unpaired) electrons. The van der Waals surface area contributed by atoms with Crippen LogP contribution in [-0.4, -0.2) is 36.0 Å². The SMILES string of the molecule is CCOc1ccc(Nc2nncc(Nc3ccc(OC)c(OC)c3)n2)cc1. The zero-order valence-electron chi connectivity index (χ0n) is 15.4. The van der Waals surface area contributed by atoms with E-state index in [1.807, 2.05) is 49.4 Å². The van der Waals surface area contributed by atoms with E-state index in [-0.39, 0.29) is 0 Å². The molecule has 3 rings (SSSR count). The molecule has 8 nitrogen and oxygen atoms in total. The molecule has 0 saturated carbocycles. The molecule has 3 aromatic rings. The highest BCUT2D eigenvalue weighted by atomic mass is 16.5. The molecule has 0 atom stereocenters. The maximum Gasteiger partial charge on any atom is 0.249 e. The van der Waals surface area contributed by atoms with Crippen molar-refractivity contribution in [2.24, 2.45) is 0 Å². The Balaban J connectivity index is 1.72. The van der Waals surface area contributed by atoms with E-state index in [1.54, 1.807) is 20.4 Å². The number of hydrogen-bond donors (Lipinski definition) is 2. The highest BCUT2D eigenvalue weighted by Gasteiger charge is 2.07. The summed E-state index contributed by atoms with van der Waals surface area (Å²) in [5.41, 5.74) is 1.63. The topological polar surface area (TPSA) is 90.4 Å². The highest BCUT2D eigenvalue weighted by Crippen LogP contribution is 2.30. The normalized spacial score (nSPS) is 10.2. The summed E-state index contributed by atoms with van der Waals surface area (Å²) in [5, 5.41) is 14.3. The van der Waals surface area contributed by atoms with Gasteiger partial charge in [-0.25, -0.2) is 0 Å². The minimum atomic E-state index is 0.379. The van der Waals surface area contributed by atoms with Crippen molar-refractivity contribution < 1.29 is 14.2 Å². The third-order valence-corrected chi connectivity index (χ3v) is 3.64. The maximum absolute atomic E-state index is 5.43. The van der Waals surface area contributed by atoms with Gasteiger partial charge < -0.3 is 24.8 Å². The maximum atomic E-state index is 5.43. The second-order valence-electron chi connectivity index (χ2n) is 5.44. The van der Waals surface area contributed by atoms with Crippen LogP contribution in [-0.2, 0) is 0 Å². The summed E-state index contributed by atoms with van der Waals surface area (Å²) in [5.74, 6) is 3.01. The van der Waals surface area contributed by atoms with Crippen LogP contribution in [0.1, 0.15) is 6.92 Å². The Hall–Kier alpha value is -3.55. The van der Waals surface area contributed by atoms with Crippen molar-refractivity contribution in [1.82, 2.24) is 15.2 Å². The summed E-state index contributed by atoms with van der Waals surface area (Å²) < 4.78 is 16.0. The first-order chi connectivity index (χ1) is 13.2. The molecule has 0 fully saturated rings. The van der Waals surface area contributed by atoms with E-state index < -0.39 is 0 Å². The molecule has 27 heavy (non-hydrogen) atoms. The smallest absolute Gasteiger partial charge is 0.249 e. The van der Waals surface area contributed by atoms with E-state index in [0.29, 0.717) is 29.9 Å². The second kappa shape index (κ2) is 8.70. The zero-order valence-corrected chi connectivity index (χ0v) is 15.4. The molecule has 0 bridgehead atoms. The number of nitrogens with one attached hydrogen (secondary N) is 2. The molecule has 0 aliphatic rings. The van der Waals surface area contributed by atoms with Crippen molar-refractivity contribution in [2.75, 3.05) is 31.5 Å². The van der Waals surface area contributed by atoms with E-state index in [0.717, 1.165) is 17.1 Å². The first-order valence-corrected chi connectivity index (χ1v) is 8.40. The lowest BCUT2D eigenvalue weighted by Gasteiger charge is -2.11. The van der Waals surface area contributed by atoms with Crippen LogP contribution < -0.4 is 24.8 Å². The summed E-state index contributed by atoms with van der Waals surface area (Å²) in [7, 11) is 3.19. The molecule has 2 N–H and O–H groups in total. The monoisotopic (exact) mass is 367 g/mol. The molecule has 8 heteroatoms. The third kappa shape index (κ3) is 4.75. The fraction of sp³-hybridized carbons (Fsp3) is 0.211. The summed E-state index contributed by atoms with van der Waals surface area (Å²) in [4.78, 5) is 4.42. The number of benzene rings is 2. The number of nitrogens with zero attached hydrogens (tertiary/aromatic N) is 3. The van der Waals surface area contributed by atoms with E-state index in [1.165, 1.54) is 0 Å². The Morgan fingerprint density at radius 1 is 0.889 bits per heavy atom. The van der Waals surface area contributed by atoms with E-state index in [4.69, 9.17) is 14.2 Å². The number of aromatic nitrogens is 3. The molecule has 0 unspecified atom stereocenters. The largest absolute Gasteiger partial charge is 0.494 e. The van der Waals surface area contributed by atoms with Gasteiger partial charge in [0.05, 0.1) is 27.0 Å². The lowest BCUT2D eigenvalue weighted by atomic mass is 10.2. The molecule has 0 aliphatic carbocycles.